The van der Waals surface area contributed by atoms with Crippen LogP contribution in [0.5, 0.6) is 0 Å². The molecule has 21 heavy (non-hydrogen) atoms. The second-order valence-electron chi connectivity index (χ2n) is 6.62. The van der Waals surface area contributed by atoms with E-state index in [1.54, 1.807) is 0 Å². The van der Waals surface area contributed by atoms with Crippen molar-refractivity contribution in [2.45, 2.75) is 57.5 Å². The Morgan fingerprint density at radius 1 is 1.29 bits per heavy atom. The molecule has 3 heteroatoms. The van der Waals surface area contributed by atoms with Gasteiger partial charge in [-0.2, -0.15) is 0 Å². The lowest BCUT2D eigenvalue weighted by Gasteiger charge is -2.48. The van der Waals surface area contributed by atoms with Crippen molar-refractivity contribution in [1.82, 2.24) is 4.90 Å². The van der Waals surface area contributed by atoms with Crippen LogP contribution >= 0.6 is 11.6 Å². The SMILES string of the molecule is CCC1CCC(CN)(N(C)C(C)c2ccc(Cl)cc2)CC1. The highest BCUT2D eigenvalue weighted by Gasteiger charge is 2.39. The summed E-state index contributed by atoms with van der Waals surface area (Å²) in [6.45, 7) is 5.32. The Labute approximate surface area is 134 Å². The summed E-state index contributed by atoms with van der Waals surface area (Å²) in [6.07, 6.45) is 6.36. The van der Waals surface area contributed by atoms with E-state index in [0.717, 1.165) is 17.5 Å². The molecule has 1 aliphatic carbocycles. The van der Waals surface area contributed by atoms with Crippen molar-refractivity contribution < 1.29 is 0 Å². The van der Waals surface area contributed by atoms with Gasteiger partial charge in [0.15, 0.2) is 0 Å². The van der Waals surface area contributed by atoms with E-state index in [-0.39, 0.29) is 5.54 Å². The van der Waals surface area contributed by atoms with Crippen LogP contribution in [0.2, 0.25) is 5.02 Å². The van der Waals surface area contributed by atoms with Crippen LogP contribution in [0, 0.1) is 5.92 Å². The molecule has 0 bridgehead atoms. The Hall–Kier alpha value is -0.570. The first-order chi connectivity index (χ1) is 10.0. The van der Waals surface area contributed by atoms with E-state index in [2.05, 4.69) is 37.9 Å². The van der Waals surface area contributed by atoms with Crippen molar-refractivity contribution in [3.05, 3.63) is 34.9 Å². The molecule has 2 N–H and O–H groups in total. The van der Waals surface area contributed by atoms with E-state index >= 15 is 0 Å². The molecule has 0 radical (unpaired) electrons. The monoisotopic (exact) mass is 308 g/mol. The Morgan fingerprint density at radius 2 is 1.86 bits per heavy atom. The molecular weight excluding hydrogens is 280 g/mol. The lowest BCUT2D eigenvalue weighted by Crippen LogP contribution is -2.54. The summed E-state index contributed by atoms with van der Waals surface area (Å²) in [5.74, 6) is 0.893. The van der Waals surface area contributed by atoms with Gasteiger partial charge in [-0.05, 0) is 63.3 Å². The van der Waals surface area contributed by atoms with Crippen molar-refractivity contribution >= 4 is 11.6 Å². The van der Waals surface area contributed by atoms with Gasteiger partial charge >= 0.3 is 0 Å². The third-order valence-corrected chi connectivity index (χ3v) is 5.93. The van der Waals surface area contributed by atoms with Crippen LogP contribution in [0.15, 0.2) is 24.3 Å². The molecule has 0 spiro atoms. The van der Waals surface area contributed by atoms with Crippen LogP contribution in [-0.4, -0.2) is 24.0 Å². The van der Waals surface area contributed by atoms with Crippen molar-refractivity contribution in [3.63, 3.8) is 0 Å². The van der Waals surface area contributed by atoms with Gasteiger partial charge in [0, 0.05) is 23.1 Å². The smallest absolute Gasteiger partial charge is 0.0406 e. The zero-order valence-electron chi connectivity index (χ0n) is 13.6. The topological polar surface area (TPSA) is 29.3 Å². The number of halogens is 1. The van der Waals surface area contributed by atoms with Crippen LogP contribution in [0.3, 0.4) is 0 Å². The third kappa shape index (κ3) is 3.61. The van der Waals surface area contributed by atoms with Crippen LogP contribution in [0.25, 0.3) is 0 Å². The first kappa shape index (κ1) is 16.8. The summed E-state index contributed by atoms with van der Waals surface area (Å²) in [7, 11) is 2.23. The van der Waals surface area contributed by atoms with Gasteiger partial charge in [0.25, 0.3) is 0 Å². The molecule has 0 heterocycles. The molecule has 1 aromatic rings. The molecular formula is C18H29ClN2. The Kier molecular flexibility index (Phi) is 5.70. The number of hydrogen-bond donors (Lipinski definition) is 1. The highest BCUT2D eigenvalue weighted by Crippen LogP contribution is 2.40. The molecule has 1 saturated carbocycles. The molecule has 0 saturated heterocycles. The molecule has 1 unspecified atom stereocenters. The maximum atomic E-state index is 6.20. The van der Waals surface area contributed by atoms with Gasteiger partial charge in [-0.3, -0.25) is 4.90 Å². The van der Waals surface area contributed by atoms with Gasteiger partial charge in [0.2, 0.25) is 0 Å². The van der Waals surface area contributed by atoms with Crippen molar-refractivity contribution in [2.24, 2.45) is 11.7 Å². The second kappa shape index (κ2) is 7.13. The predicted octanol–water partition coefficient (Wildman–Crippen LogP) is 4.63. The van der Waals surface area contributed by atoms with Gasteiger partial charge in [-0.15, -0.1) is 0 Å². The van der Waals surface area contributed by atoms with E-state index in [4.69, 9.17) is 17.3 Å². The lowest BCUT2D eigenvalue weighted by atomic mass is 9.74. The molecule has 2 nitrogen and oxygen atoms in total. The van der Waals surface area contributed by atoms with Crippen LogP contribution in [0.1, 0.15) is 57.6 Å². The van der Waals surface area contributed by atoms with Crippen LogP contribution in [-0.2, 0) is 0 Å². The molecule has 1 atom stereocenters. The summed E-state index contributed by atoms with van der Waals surface area (Å²) in [4.78, 5) is 2.50. The fraction of sp³-hybridized carbons (Fsp3) is 0.667. The minimum absolute atomic E-state index is 0.157. The zero-order valence-corrected chi connectivity index (χ0v) is 14.4. The van der Waals surface area contributed by atoms with Crippen molar-refractivity contribution in [2.75, 3.05) is 13.6 Å². The average Bonchev–Trinajstić information content (AvgIpc) is 2.54. The standard InChI is InChI=1S/C18H29ClN2/c1-4-15-9-11-18(13-20,12-10-15)21(3)14(2)16-5-7-17(19)8-6-16/h5-8,14-15H,4,9-13,20H2,1-3H3. The van der Waals surface area contributed by atoms with Crippen LogP contribution in [0.4, 0.5) is 0 Å². The molecule has 2 rings (SSSR count). The Bertz CT molecular complexity index is 435. The predicted molar refractivity (Wildman–Crippen MR) is 91.7 cm³/mol. The average molecular weight is 309 g/mol. The normalized spacial score (nSPS) is 27.8. The third-order valence-electron chi connectivity index (χ3n) is 5.67. The summed E-state index contributed by atoms with van der Waals surface area (Å²) >= 11 is 6.00. The Balaban J connectivity index is 2.12. The number of rotatable bonds is 5. The summed E-state index contributed by atoms with van der Waals surface area (Å²) in [5.41, 5.74) is 7.67. The first-order valence-electron chi connectivity index (χ1n) is 8.21. The van der Waals surface area contributed by atoms with E-state index in [0.29, 0.717) is 6.04 Å². The van der Waals surface area contributed by atoms with Gasteiger partial charge in [-0.1, -0.05) is 37.1 Å². The van der Waals surface area contributed by atoms with E-state index < -0.39 is 0 Å². The minimum atomic E-state index is 0.157. The van der Waals surface area contributed by atoms with Gasteiger partial charge in [0.1, 0.15) is 0 Å². The molecule has 0 aromatic heterocycles. The first-order valence-corrected chi connectivity index (χ1v) is 8.58. The number of likely N-dealkylation sites (N-methyl/N-ethyl adjacent to an activating group) is 1. The Morgan fingerprint density at radius 3 is 2.33 bits per heavy atom. The zero-order chi connectivity index (χ0) is 15.5. The minimum Gasteiger partial charge on any atom is -0.329 e. The van der Waals surface area contributed by atoms with E-state index in [9.17, 15) is 0 Å². The van der Waals surface area contributed by atoms with Crippen molar-refractivity contribution in [3.8, 4) is 0 Å². The fourth-order valence-corrected chi connectivity index (χ4v) is 3.83. The molecule has 118 valence electrons. The maximum absolute atomic E-state index is 6.20. The van der Waals surface area contributed by atoms with Crippen molar-refractivity contribution in [1.29, 1.82) is 0 Å². The van der Waals surface area contributed by atoms with Gasteiger partial charge < -0.3 is 5.73 Å². The largest absolute Gasteiger partial charge is 0.329 e. The van der Waals surface area contributed by atoms with Gasteiger partial charge in [0.05, 0.1) is 0 Å². The molecule has 0 amide bonds. The second-order valence-corrected chi connectivity index (χ2v) is 7.05. The number of nitrogens with zero attached hydrogens (tertiary/aromatic N) is 1. The number of hydrogen-bond acceptors (Lipinski definition) is 2. The van der Waals surface area contributed by atoms with Gasteiger partial charge in [-0.25, -0.2) is 0 Å². The van der Waals surface area contributed by atoms with E-state index in [1.165, 1.54) is 37.7 Å². The summed E-state index contributed by atoms with van der Waals surface area (Å²) in [5, 5.41) is 0.797. The molecule has 1 aromatic carbocycles. The molecule has 1 aliphatic rings. The quantitative estimate of drug-likeness (QED) is 0.859. The summed E-state index contributed by atoms with van der Waals surface area (Å²) in [6, 6.07) is 8.58. The summed E-state index contributed by atoms with van der Waals surface area (Å²) < 4.78 is 0. The fourth-order valence-electron chi connectivity index (χ4n) is 3.70. The highest BCUT2D eigenvalue weighted by molar-refractivity contribution is 6.30. The van der Waals surface area contributed by atoms with E-state index in [1.807, 2.05) is 12.1 Å². The lowest BCUT2D eigenvalue weighted by molar-refractivity contribution is 0.0345. The molecule has 0 aliphatic heterocycles. The highest BCUT2D eigenvalue weighted by atomic mass is 35.5. The number of nitrogens with two attached hydrogens (primary N) is 1. The molecule has 1 fully saturated rings. The maximum Gasteiger partial charge on any atom is 0.0406 e. The van der Waals surface area contributed by atoms with Crippen LogP contribution < -0.4 is 5.73 Å². The number of benzene rings is 1.